The Morgan fingerprint density at radius 1 is 1.13 bits per heavy atom. The van der Waals surface area contributed by atoms with E-state index in [1.54, 1.807) is 0 Å². The number of carbonyl (C=O) groups excluding carboxylic acids is 2. The highest BCUT2D eigenvalue weighted by atomic mass is 35.5. The number of esters is 1. The van der Waals surface area contributed by atoms with E-state index in [2.05, 4.69) is 10.1 Å². The van der Waals surface area contributed by atoms with Crippen LogP contribution >= 0.6 is 35.0 Å². The van der Waals surface area contributed by atoms with Gasteiger partial charge in [0.05, 0.1) is 11.5 Å². The fourth-order valence-electron chi connectivity index (χ4n) is 4.82. The van der Waals surface area contributed by atoms with Gasteiger partial charge in [-0.2, -0.15) is 17.8 Å². The number of pyridine rings is 1. The summed E-state index contributed by atoms with van der Waals surface area (Å²) in [4.78, 5) is 25.7. The van der Waals surface area contributed by atoms with Crippen LogP contribution in [0.3, 0.4) is 0 Å². The van der Waals surface area contributed by atoms with Crippen LogP contribution in [0.5, 0.6) is 11.5 Å². The van der Waals surface area contributed by atoms with E-state index in [1.807, 2.05) is 0 Å². The van der Waals surface area contributed by atoms with Gasteiger partial charge in [0.15, 0.2) is 29.3 Å². The second-order valence-corrected chi connectivity index (χ2v) is 14.6. The molecule has 1 saturated carbocycles. The molecule has 1 aliphatic heterocycles. The molecule has 1 amide bonds. The summed E-state index contributed by atoms with van der Waals surface area (Å²) < 4.78 is 71.5. The van der Waals surface area contributed by atoms with E-state index in [0.717, 1.165) is 41.3 Å². The number of aromatic nitrogens is 1. The molecule has 17 heteroatoms. The molecule has 1 N–H and O–H groups in total. The average molecular weight is 733 g/mol. The fourth-order valence-corrected chi connectivity index (χ4v) is 8.52. The Morgan fingerprint density at radius 2 is 1.85 bits per heavy atom. The van der Waals surface area contributed by atoms with Crippen LogP contribution in [0.2, 0.25) is 10.0 Å². The van der Waals surface area contributed by atoms with Crippen LogP contribution in [0, 0.1) is 11.1 Å². The first kappa shape index (κ1) is 35.0. The zero-order chi connectivity index (χ0) is 33.9. The van der Waals surface area contributed by atoms with E-state index in [0.29, 0.717) is 4.73 Å². The molecule has 2 aromatic carbocycles. The molecule has 2 aliphatic rings. The van der Waals surface area contributed by atoms with Crippen LogP contribution in [0.4, 0.5) is 8.78 Å². The predicted molar refractivity (Wildman–Crippen MR) is 169 cm³/mol. The first-order valence-corrected chi connectivity index (χ1v) is 17.6. The molecule has 2 heterocycles. The van der Waals surface area contributed by atoms with Gasteiger partial charge in [-0.25, -0.2) is 13.2 Å². The van der Waals surface area contributed by atoms with E-state index in [-0.39, 0.29) is 74.4 Å². The van der Waals surface area contributed by atoms with Gasteiger partial charge in [0, 0.05) is 36.9 Å². The molecular weight excluding hydrogens is 703 g/mol. The predicted octanol–water partition coefficient (Wildman–Crippen LogP) is 4.97. The largest absolute Gasteiger partial charge is 0.619 e. The summed E-state index contributed by atoms with van der Waals surface area (Å²) >= 11 is 13.7. The van der Waals surface area contributed by atoms with Gasteiger partial charge >= 0.3 is 12.6 Å². The molecule has 3 aromatic rings. The van der Waals surface area contributed by atoms with Gasteiger partial charge < -0.3 is 24.7 Å². The Kier molecular flexibility index (Phi) is 11.0. The zero-order valence-electron chi connectivity index (χ0n) is 24.7. The number of ether oxygens (including phenoxy) is 3. The first-order chi connectivity index (χ1) is 22.4. The number of hydrogen-bond donors (Lipinski definition) is 1. The van der Waals surface area contributed by atoms with Gasteiger partial charge in [-0.3, -0.25) is 4.79 Å². The number of alkyl halides is 2. The number of nitrogens with zero attached hydrogens (tertiary/aromatic N) is 2. The van der Waals surface area contributed by atoms with Gasteiger partial charge in [0.1, 0.15) is 16.1 Å². The third-order valence-electron chi connectivity index (χ3n) is 7.41. The zero-order valence-corrected chi connectivity index (χ0v) is 27.9. The van der Waals surface area contributed by atoms with Crippen molar-refractivity contribution in [1.29, 1.82) is 0 Å². The Labute approximate surface area is 283 Å². The molecule has 1 aromatic heterocycles. The summed E-state index contributed by atoms with van der Waals surface area (Å²) in [7, 11) is -2.85. The third kappa shape index (κ3) is 8.38. The van der Waals surface area contributed by atoms with Gasteiger partial charge in [-0.05, 0) is 54.7 Å². The van der Waals surface area contributed by atoms with Crippen molar-refractivity contribution in [3.63, 3.8) is 0 Å². The molecular formula is C30H29Cl2F2N3O8S2. The monoisotopic (exact) mass is 731 g/mol. The number of sulfonamides is 1. The van der Waals surface area contributed by atoms with Crippen molar-refractivity contribution in [2.24, 2.45) is 5.92 Å². The van der Waals surface area contributed by atoms with E-state index >= 15 is 0 Å². The number of amides is 1. The highest BCUT2D eigenvalue weighted by molar-refractivity contribution is 8.02. The number of carbonyl (C=O) groups is 2. The molecule has 1 saturated heterocycles. The number of benzene rings is 2. The minimum atomic E-state index is -4.26. The third-order valence-corrected chi connectivity index (χ3v) is 11.2. The lowest BCUT2D eigenvalue weighted by Gasteiger charge is -2.26. The van der Waals surface area contributed by atoms with Crippen molar-refractivity contribution in [3.8, 4) is 11.5 Å². The van der Waals surface area contributed by atoms with Crippen molar-refractivity contribution in [2.45, 2.75) is 42.2 Å². The maximum absolute atomic E-state index is 13.8. The van der Waals surface area contributed by atoms with E-state index < -0.39 is 40.0 Å². The molecule has 0 radical (unpaired) electrons. The second-order valence-electron chi connectivity index (χ2n) is 10.7. The van der Waals surface area contributed by atoms with Gasteiger partial charge in [0.25, 0.3) is 5.91 Å². The molecule has 252 valence electrons. The van der Waals surface area contributed by atoms with Crippen LogP contribution in [0.25, 0.3) is 0 Å². The minimum absolute atomic E-state index is 0.00570. The molecule has 2 fully saturated rings. The number of thioether (sulfide) groups is 1. The maximum Gasteiger partial charge on any atom is 0.387 e. The lowest BCUT2D eigenvalue weighted by atomic mass is 10.0. The van der Waals surface area contributed by atoms with Crippen molar-refractivity contribution >= 4 is 56.9 Å². The number of rotatable bonds is 13. The normalized spacial score (nSPS) is 17.4. The summed E-state index contributed by atoms with van der Waals surface area (Å²) in [5.41, 5.74) is 0.656. The molecule has 1 aliphatic carbocycles. The van der Waals surface area contributed by atoms with Crippen LogP contribution in [-0.4, -0.2) is 62.5 Å². The van der Waals surface area contributed by atoms with Crippen molar-refractivity contribution in [2.75, 3.05) is 26.0 Å². The SMILES string of the molecule is CNC(=O)c1cccc(S(=O)(=O)N2CCSC2C(=O)OC(Cc2c(Cl)c[n+]([O-])cc2Cl)c2ccc(OC(F)F)c(OCC3CC3)c2)c1. The van der Waals surface area contributed by atoms with E-state index in [9.17, 15) is 32.0 Å². The smallest absolute Gasteiger partial charge is 0.387 e. The van der Waals surface area contributed by atoms with Crippen LogP contribution in [0.15, 0.2) is 59.8 Å². The van der Waals surface area contributed by atoms with Crippen LogP contribution < -0.4 is 19.5 Å². The molecule has 11 nitrogen and oxygen atoms in total. The molecule has 47 heavy (non-hydrogen) atoms. The van der Waals surface area contributed by atoms with Gasteiger partial charge in [0.2, 0.25) is 10.0 Å². The Hall–Kier alpha value is -3.37. The molecule has 0 spiro atoms. The molecule has 2 atom stereocenters. The Morgan fingerprint density at radius 3 is 2.51 bits per heavy atom. The lowest BCUT2D eigenvalue weighted by molar-refractivity contribution is -0.605. The van der Waals surface area contributed by atoms with Gasteiger partial charge in [-0.15, -0.1) is 11.8 Å². The molecule has 0 bridgehead atoms. The van der Waals surface area contributed by atoms with Gasteiger partial charge in [-0.1, -0.05) is 35.3 Å². The summed E-state index contributed by atoms with van der Waals surface area (Å²) in [6.45, 7) is -2.87. The average Bonchev–Trinajstić information content (AvgIpc) is 3.72. The van der Waals surface area contributed by atoms with Crippen molar-refractivity contribution in [3.05, 3.63) is 86.8 Å². The van der Waals surface area contributed by atoms with E-state index in [4.69, 9.17) is 32.7 Å². The highest BCUT2D eigenvalue weighted by Crippen LogP contribution is 2.39. The molecule has 2 unspecified atom stereocenters. The minimum Gasteiger partial charge on any atom is -0.619 e. The topological polar surface area (TPSA) is 138 Å². The fraction of sp³-hybridized carbons (Fsp3) is 0.367. The Balaban J connectivity index is 1.47. The maximum atomic E-state index is 13.8. The Bertz CT molecular complexity index is 1740. The van der Waals surface area contributed by atoms with Crippen molar-refractivity contribution in [1.82, 2.24) is 9.62 Å². The number of nitrogens with one attached hydrogen (secondary N) is 1. The summed E-state index contributed by atoms with van der Waals surface area (Å²) in [6, 6.07) is 9.48. The summed E-state index contributed by atoms with van der Waals surface area (Å²) in [5.74, 6) is -1.08. The summed E-state index contributed by atoms with van der Waals surface area (Å²) in [5, 5.41) is 13.0. The lowest BCUT2D eigenvalue weighted by Crippen LogP contribution is -2.40. The van der Waals surface area contributed by atoms with Crippen molar-refractivity contribution < 1.29 is 45.7 Å². The highest BCUT2D eigenvalue weighted by Gasteiger charge is 2.42. The van der Waals surface area contributed by atoms with E-state index in [1.165, 1.54) is 49.5 Å². The number of halogens is 4. The van der Waals surface area contributed by atoms with Crippen LogP contribution in [0.1, 0.15) is 40.4 Å². The van der Waals surface area contributed by atoms with Crippen LogP contribution in [-0.2, 0) is 26.0 Å². The quantitative estimate of drug-likeness (QED) is 0.147. The molecule has 5 rings (SSSR count). The second kappa shape index (κ2) is 14.8. The summed E-state index contributed by atoms with van der Waals surface area (Å²) in [6.07, 6.45) is 2.65. The first-order valence-electron chi connectivity index (χ1n) is 14.3. The number of hydrogen-bond acceptors (Lipinski definition) is 9. The standard InChI is InChI=1S/C30H29Cl2F2N3O8S2/c1-35-27(38)19-3-2-4-20(11-19)47(41,42)37-9-10-46-28(37)29(39)44-25(13-21-22(31)14-36(40)15-23(21)32)18-7-8-24(45-30(33)34)26(12-18)43-16-17-5-6-17/h2-4,7-8,11-12,14-15,17,25,28,30H,5-6,9-10,13,16H2,1H3,(H,35,38).